The van der Waals surface area contributed by atoms with E-state index < -0.39 is 0 Å². The second-order valence-electron chi connectivity index (χ2n) is 6.11. The third kappa shape index (κ3) is 3.31. The van der Waals surface area contributed by atoms with Crippen LogP contribution in [-0.4, -0.2) is 4.98 Å². The number of aryl methyl sites for hydroxylation is 1. The lowest BCUT2D eigenvalue weighted by atomic mass is 10.1. The van der Waals surface area contributed by atoms with Crippen LogP contribution in [0.15, 0.2) is 71.1 Å². The van der Waals surface area contributed by atoms with Gasteiger partial charge in [0.15, 0.2) is 5.58 Å². The molecule has 0 bridgehead atoms. The maximum absolute atomic E-state index is 5.87. The Balaban J connectivity index is 1.57. The van der Waals surface area contributed by atoms with Crippen molar-refractivity contribution in [2.24, 2.45) is 0 Å². The van der Waals surface area contributed by atoms with Crippen LogP contribution in [0, 0.1) is 6.92 Å². The SMILES string of the molecule is Cc1ccc2nc(-c3ccc(/C=C/c4ccc(N)cc4)cc3)oc2c1. The predicted molar refractivity (Wildman–Crippen MR) is 104 cm³/mol. The van der Waals surface area contributed by atoms with Gasteiger partial charge in [0.25, 0.3) is 0 Å². The molecular weight excluding hydrogens is 308 g/mol. The molecule has 0 aliphatic carbocycles. The molecule has 0 saturated carbocycles. The molecule has 4 aromatic rings. The van der Waals surface area contributed by atoms with Crippen molar-refractivity contribution < 1.29 is 4.42 Å². The summed E-state index contributed by atoms with van der Waals surface area (Å²) >= 11 is 0. The van der Waals surface area contributed by atoms with Crippen LogP contribution in [0.1, 0.15) is 16.7 Å². The first-order valence-corrected chi connectivity index (χ1v) is 8.19. The van der Waals surface area contributed by atoms with E-state index in [1.165, 1.54) is 5.56 Å². The highest BCUT2D eigenvalue weighted by atomic mass is 16.3. The van der Waals surface area contributed by atoms with Crippen molar-refractivity contribution >= 4 is 28.9 Å². The van der Waals surface area contributed by atoms with E-state index in [1.807, 2.05) is 61.5 Å². The quantitative estimate of drug-likeness (QED) is 0.396. The van der Waals surface area contributed by atoms with Gasteiger partial charge < -0.3 is 10.2 Å². The zero-order valence-electron chi connectivity index (χ0n) is 13.9. The molecule has 25 heavy (non-hydrogen) atoms. The minimum Gasteiger partial charge on any atom is -0.436 e. The Bertz CT molecular complexity index is 1040. The van der Waals surface area contributed by atoms with Crippen LogP contribution in [0.4, 0.5) is 5.69 Å². The molecule has 0 spiro atoms. The van der Waals surface area contributed by atoms with E-state index in [0.717, 1.165) is 33.5 Å². The smallest absolute Gasteiger partial charge is 0.227 e. The number of hydrogen-bond acceptors (Lipinski definition) is 3. The molecule has 1 heterocycles. The maximum Gasteiger partial charge on any atom is 0.227 e. The largest absolute Gasteiger partial charge is 0.436 e. The Kier molecular flexibility index (Phi) is 3.82. The van der Waals surface area contributed by atoms with Gasteiger partial charge in [0, 0.05) is 11.3 Å². The van der Waals surface area contributed by atoms with Crippen molar-refractivity contribution in [2.45, 2.75) is 6.92 Å². The molecule has 3 heteroatoms. The minimum atomic E-state index is 0.648. The summed E-state index contributed by atoms with van der Waals surface area (Å²) in [6.45, 7) is 2.05. The molecule has 0 unspecified atom stereocenters. The van der Waals surface area contributed by atoms with E-state index in [0.29, 0.717) is 5.89 Å². The topological polar surface area (TPSA) is 52.0 Å². The average Bonchev–Trinajstić information content (AvgIpc) is 3.05. The van der Waals surface area contributed by atoms with Crippen molar-refractivity contribution in [3.05, 3.63) is 83.4 Å². The van der Waals surface area contributed by atoms with Crippen LogP contribution in [0.2, 0.25) is 0 Å². The number of fused-ring (bicyclic) bond motifs is 1. The molecule has 0 amide bonds. The summed E-state index contributed by atoms with van der Waals surface area (Å²) in [6, 6.07) is 22.0. The number of nitrogens with two attached hydrogens (primary N) is 1. The van der Waals surface area contributed by atoms with Crippen LogP contribution < -0.4 is 5.73 Å². The van der Waals surface area contributed by atoms with Gasteiger partial charge in [-0.15, -0.1) is 0 Å². The van der Waals surface area contributed by atoms with E-state index in [2.05, 4.69) is 29.3 Å². The third-order valence-corrected chi connectivity index (χ3v) is 4.11. The zero-order chi connectivity index (χ0) is 17.2. The van der Waals surface area contributed by atoms with Crippen LogP contribution in [-0.2, 0) is 0 Å². The van der Waals surface area contributed by atoms with Gasteiger partial charge in [0.2, 0.25) is 5.89 Å². The summed E-state index contributed by atoms with van der Waals surface area (Å²) in [5.74, 6) is 0.648. The van der Waals surface area contributed by atoms with Crippen molar-refractivity contribution in [1.29, 1.82) is 0 Å². The van der Waals surface area contributed by atoms with Gasteiger partial charge in [-0.3, -0.25) is 0 Å². The van der Waals surface area contributed by atoms with Gasteiger partial charge in [-0.2, -0.15) is 0 Å². The predicted octanol–water partition coefficient (Wildman–Crippen LogP) is 5.56. The Hall–Kier alpha value is -3.33. The fourth-order valence-electron chi connectivity index (χ4n) is 2.69. The first-order chi connectivity index (χ1) is 12.2. The van der Waals surface area contributed by atoms with Gasteiger partial charge in [-0.1, -0.05) is 42.5 Å². The average molecular weight is 326 g/mol. The minimum absolute atomic E-state index is 0.648. The number of hydrogen-bond donors (Lipinski definition) is 1. The molecule has 122 valence electrons. The second kappa shape index (κ2) is 6.29. The molecule has 3 nitrogen and oxygen atoms in total. The Morgan fingerprint density at radius 2 is 1.48 bits per heavy atom. The van der Waals surface area contributed by atoms with Gasteiger partial charge in [-0.25, -0.2) is 4.98 Å². The number of nitrogen functional groups attached to an aromatic ring is 1. The summed E-state index contributed by atoms with van der Waals surface area (Å²) < 4.78 is 5.87. The molecular formula is C22H18N2O. The molecule has 0 radical (unpaired) electrons. The second-order valence-corrected chi connectivity index (χ2v) is 6.11. The fraction of sp³-hybridized carbons (Fsp3) is 0.0455. The lowest BCUT2D eigenvalue weighted by Gasteiger charge is -1.98. The maximum atomic E-state index is 5.87. The highest BCUT2D eigenvalue weighted by Gasteiger charge is 2.07. The van der Waals surface area contributed by atoms with Crippen molar-refractivity contribution in [2.75, 3.05) is 5.73 Å². The highest BCUT2D eigenvalue weighted by Crippen LogP contribution is 2.25. The molecule has 4 rings (SSSR count). The lowest BCUT2D eigenvalue weighted by molar-refractivity contribution is 0.619. The van der Waals surface area contributed by atoms with Gasteiger partial charge in [0.1, 0.15) is 5.52 Å². The number of oxazole rings is 1. The highest BCUT2D eigenvalue weighted by molar-refractivity contribution is 5.77. The summed E-state index contributed by atoms with van der Waals surface area (Å²) in [5, 5.41) is 0. The molecule has 0 aliphatic rings. The van der Waals surface area contributed by atoms with Gasteiger partial charge in [0.05, 0.1) is 0 Å². The Labute approximate surface area is 146 Å². The molecule has 0 fully saturated rings. The van der Waals surface area contributed by atoms with Gasteiger partial charge >= 0.3 is 0 Å². The monoisotopic (exact) mass is 326 g/mol. The first kappa shape index (κ1) is 15.2. The zero-order valence-corrected chi connectivity index (χ0v) is 13.9. The van der Waals surface area contributed by atoms with Crippen LogP contribution in [0.3, 0.4) is 0 Å². The third-order valence-electron chi connectivity index (χ3n) is 4.11. The van der Waals surface area contributed by atoms with E-state index in [4.69, 9.17) is 10.2 Å². The Morgan fingerprint density at radius 3 is 2.16 bits per heavy atom. The fourth-order valence-corrected chi connectivity index (χ4v) is 2.69. The van der Waals surface area contributed by atoms with E-state index in [9.17, 15) is 0 Å². The number of aromatic nitrogens is 1. The van der Waals surface area contributed by atoms with Crippen molar-refractivity contribution in [3.63, 3.8) is 0 Å². The van der Waals surface area contributed by atoms with E-state index in [-0.39, 0.29) is 0 Å². The van der Waals surface area contributed by atoms with Crippen LogP contribution in [0.5, 0.6) is 0 Å². The number of benzene rings is 3. The molecule has 1 aromatic heterocycles. The summed E-state index contributed by atoms with van der Waals surface area (Å²) in [4.78, 5) is 4.56. The summed E-state index contributed by atoms with van der Waals surface area (Å²) in [7, 11) is 0. The number of nitrogens with zero attached hydrogens (tertiary/aromatic N) is 1. The Morgan fingerprint density at radius 1 is 0.840 bits per heavy atom. The van der Waals surface area contributed by atoms with Crippen molar-refractivity contribution in [3.8, 4) is 11.5 Å². The normalized spacial score (nSPS) is 11.4. The van der Waals surface area contributed by atoms with Crippen LogP contribution in [0.25, 0.3) is 34.7 Å². The summed E-state index contributed by atoms with van der Waals surface area (Å²) in [6.07, 6.45) is 4.14. The first-order valence-electron chi connectivity index (χ1n) is 8.19. The van der Waals surface area contributed by atoms with Crippen molar-refractivity contribution in [1.82, 2.24) is 4.98 Å². The molecule has 3 aromatic carbocycles. The molecule has 0 saturated heterocycles. The molecule has 0 atom stereocenters. The number of anilines is 1. The molecule has 0 aliphatic heterocycles. The summed E-state index contributed by atoms with van der Waals surface area (Å²) in [5.41, 5.74) is 12.6. The molecule has 2 N–H and O–H groups in total. The standard InChI is InChI=1S/C22H18N2O/c1-15-2-13-20-21(14-15)25-22(24-20)18-9-5-16(6-10-18)3-4-17-7-11-19(23)12-8-17/h2-14H,23H2,1H3/b4-3+. The van der Waals surface area contributed by atoms with E-state index >= 15 is 0 Å². The number of rotatable bonds is 3. The van der Waals surface area contributed by atoms with E-state index in [1.54, 1.807) is 0 Å². The van der Waals surface area contributed by atoms with Gasteiger partial charge in [-0.05, 0) is 60.0 Å². The lowest BCUT2D eigenvalue weighted by Crippen LogP contribution is -1.82. The van der Waals surface area contributed by atoms with Crippen LogP contribution >= 0.6 is 0 Å².